The average Bonchev–Trinajstić information content (AvgIpc) is 2.00. The van der Waals surface area contributed by atoms with E-state index in [1.165, 1.54) is 0 Å². The molecule has 0 amide bonds. The van der Waals surface area contributed by atoms with Crippen LogP contribution < -0.4 is 0 Å². The number of unbranched alkanes of at least 4 members (excludes halogenated alkanes) is 1. The Bertz CT molecular complexity index is 155. The summed E-state index contributed by atoms with van der Waals surface area (Å²) in [5.74, 6) is 2.96. The summed E-state index contributed by atoms with van der Waals surface area (Å²) in [7, 11) is 0. The number of hydrogen-bond acceptors (Lipinski definition) is 1. The predicted molar refractivity (Wildman–Crippen MR) is 52.8 cm³/mol. The zero-order chi connectivity index (χ0) is 9.61. The first-order valence-electron chi connectivity index (χ1n) is 4.74. The van der Waals surface area contributed by atoms with Gasteiger partial charge < -0.3 is 5.11 Å². The van der Waals surface area contributed by atoms with Gasteiger partial charge in [0.15, 0.2) is 0 Å². The van der Waals surface area contributed by atoms with Gasteiger partial charge in [0.1, 0.15) is 5.60 Å². The lowest BCUT2D eigenvalue weighted by Crippen LogP contribution is -2.28. The van der Waals surface area contributed by atoms with Crippen molar-refractivity contribution in [3.05, 3.63) is 0 Å². The highest BCUT2D eigenvalue weighted by Crippen LogP contribution is 2.21. The van der Waals surface area contributed by atoms with E-state index in [4.69, 9.17) is 6.42 Å². The van der Waals surface area contributed by atoms with Crippen LogP contribution in [-0.4, -0.2) is 10.7 Å². The Morgan fingerprint density at radius 2 is 2.08 bits per heavy atom. The number of terminal acetylenes is 1. The summed E-state index contributed by atoms with van der Waals surface area (Å²) in [5, 5.41) is 9.89. The lowest BCUT2D eigenvalue weighted by atomic mass is 9.88. The van der Waals surface area contributed by atoms with Crippen molar-refractivity contribution in [1.29, 1.82) is 0 Å². The summed E-state index contributed by atoms with van der Waals surface area (Å²) in [6, 6.07) is 0. The third kappa shape index (κ3) is 4.41. The Morgan fingerprint density at radius 1 is 1.50 bits per heavy atom. The van der Waals surface area contributed by atoms with E-state index in [0.717, 1.165) is 19.3 Å². The van der Waals surface area contributed by atoms with Crippen LogP contribution >= 0.6 is 0 Å². The third-order valence-electron chi connectivity index (χ3n) is 1.96. The average molecular weight is 168 g/mol. The third-order valence-corrected chi connectivity index (χ3v) is 1.96. The van der Waals surface area contributed by atoms with Gasteiger partial charge in [-0.05, 0) is 25.2 Å². The van der Waals surface area contributed by atoms with Crippen LogP contribution in [0.15, 0.2) is 0 Å². The molecule has 0 aromatic rings. The van der Waals surface area contributed by atoms with Crippen LogP contribution in [0.4, 0.5) is 0 Å². The van der Waals surface area contributed by atoms with Crippen molar-refractivity contribution in [2.24, 2.45) is 5.92 Å². The SMILES string of the molecule is C#CC(O)(CCCC)CC(C)C. The first kappa shape index (κ1) is 11.5. The fraction of sp³-hybridized carbons (Fsp3) is 0.818. The minimum Gasteiger partial charge on any atom is -0.378 e. The van der Waals surface area contributed by atoms with Crippen molar-refractivity contribution in [2.75, 3.05) is 0 Å². The van der Waals surface area contributed by atoms with Crippen molar-refractivity contribution < 1.29 is 5.11 Å². The highest BCUT2D eigenvalue weighted by Gasteiger charge is 2.23. The van der Waals surface area contributed by atoms with Crippen molar-refractivity contribution in [3.8, 4) is 12.3 Å². The summed E-state index contributed by atoms with van der Waals surface area (Å²) < 4.78 is 0. The Hall–Kier alpha value is -0.480. The van der Waals surface area contributed by atoms with Gasteiger partial charge in [-0.15, -0.1) is 6.42 Å². The van der Waals surface area contributed by atoms with Crippen LogP contribution in [0.2, 0.25) is 0 Å². The Labute approximate surface area is 76.2 Å². The largest absolute Gasteiger partial charge is 0.378 e. The molecule has 0 aromatic heterocycles. The van der Waals surface area contributed by atoms with E-state index in [0.29, 0.717) is 12.3 Å². The second-order valence-electron chi connectivity index (χ2n) is 3.88. The molecule has 70 valence electrons. The van der Waals surface area contributed by atoms with Gasteiger partial charge in [0, 0.05) is 0 Å². The van der Waals surface area contributed by atoms with E-state index < -0.39 is 5.60 Å². The summed E-state index contributed by atoms with van der Waals surface area (Å²) in [6.45, 7) is 6.26. The highest BCUT2D eigenvalue weighted by atomic mass is 16.3. The molecule has 12 heavy (non-hydrogen) atoms. The molecule has 1 atom stereocenters. The first-order chi connectivity index (χ1) is 5.54. The Kier molecular flexibility index (Phi) is 5.01. The fourth-order valence-corrected chi connectivity index (χ4v) is 1.38. The van der Waals surface area contributed by atoms with E-state index in [1.807, 2.05) is 0 Å². The Balaban J connectivity index is 3.98. The van der Waals surface area contributed by atoms with E-state index in [9.17, 15) is 5.11 Å². The second-order valence-corrected chi connectivity index (χ2v) is 3.88. The lowest BCUT2D eigenvalue weighted by molar-refractivity contribution is 0.0669. The van der Waals surface area contributed by atoms with Gasteiger partial charge in [0.05, 0.1) is 0 Å². The standard InChI is InChI=1S/C11H20O/c1-5-7-8-11(12,6-2)9-10(3)4/h2,10,12H,5,7-9H2,1,3-4H3. The van der Waals surface area contributed by atoms with Crippen LogP contribution in [0.25, 0.3) is 0 Å². The van der Waals surface area contributed by atoms with Crippen molar-refractivity contribution in [2.45, 2.75) is 52.1 Å². The molecule has 1 N–H and O–H groups in total. The van der Waals surface area contributed by atoms with Gasteiger partial charge in [0.25, 0.3) is 0 Å². The van der Waals surface area contributed by atoms with Crippen LogP contribution in [-0.2, 0) is 0 Å². The summed E-state index contributed by atoms with van der Waals surface area (Å²) in [6.07, 6.45) is 8.83. The normalized spacial score (nSPS) is 15.7. The smallest absolute Gasteiger partial charge is 0.125 e. The molecule has 0 radical (unpaired) electrons. The lowest BCUT2D eigenvalue weighted by Gasteiger charge is -2.23. The maximum atomic E-state index is 9.89. The molecule has 0 spiro atoms. The second kappa shape index (κ2) is 5.22. The van der Waals surface area contributed by atoms with Crippen LogP contribution in [0.5, 0.6) is 0 Å². The molecule has 0 saturated carbocycles. The number of aliphatic hydroxyl groups is 1. The topological polar surface area (TPSA) is 20.2 Å². The van der Waals surface area contributed by atoms with Gasteiger partial charge in [-0.2, -0.15) is 0 Å². The van der Waals surface area contributed by atoms with E-state index >= 15 is 0 Å². The number of rotatable bonds is 5. The van der Waals surface area contributed by atoms with E-state index in [-0.39, 0.29) is 0 Å². The van der Waals surface area contributed by atoms with Gasteiger partial charge >= 0.3 is 0 Å². The molecule has 1 heteroatoms. The molecular formula is C11H20O. The zero-order valence-corrected chi connectivity index (χ0v) is 8.43. The van der Waals surface area contributed by atoms with Gasteiger partial charge in [0.2, 0.25) is 0 Å². The Morgan fingerprint density at radius 3 is 2.42 bits per heavy atom. The van der Waals surface area contributed by atoms with Crippen LogP contribution in [0, 0.1) is 18.3 Å². The molecular weight excluding hydrogens is 148 g/mol. The van der Waals surface area contributed by atoms with Gasteiger partial charge in [-0.1, -0.05) is 33.1 Å². The molecule has 0 aromatic carbocycles. The minimum absolute atomic E-state index is 0.461. The monoisotopic (exact) mass is 168 g/mol. The summed E-state index contributed by atoms with van der Waals surface area (Å²) in [5.41, 5.74) is -0.857. The predicted octanol–water partition coefficient (Wildman–Crippen LogP) is 2.59. The molecule has 0 aliphatic carbocycles. The van der Waals surface area contributed by atoms with Crippen LogP contribution in [0.3, 0.4) is 0 Å². The van der Waals surface area contributed by atoms with E-state index in [1.54, 1.807) is 0 Å². The highest BCUT2D eigenvalue weighted by molar-refractivity contribution is 5.07. The zero-order valence-electron chi connectivity index (χ0n) is 8.43. The maximum absolute atomic E-state index is 9.89. The summed E-state index contributed by atoms with van der Waals surface area (Å²) >= 11 is 0. The molecule has 0 aliphatic heterocycles. The van der Waals surface area contributed by atoms with Crippen molar-refractivity contribution in [1.82, 2.24) is 0 Å². The molecule has 0 aliphatic rings. The molecule has 0 heterocycles. The summed E-state index contributed by atoms with van der Waals surface area (Å²) in [4.78, 5) is 0. The van der Waals surface area contributed by atoms with E-state index in [2.05, 4.69) is 26.7 Å². The van der Waals surface area contributed by atoms with Crippen molar-refractivity contribution >= 4 is 0 Å². The number of hydrogen-bond donors (Lipinski definition) is 1. The quantitative estimate of drug-likeness (QED) is 0.626. The molecule has 0 bridgehead atoms. The maximum Gasteiger partial charge on any atom is 0.125 e. The minimum atomic E-state index is -0.857. The molecule has 1 nitrogen and oxygen atoms in total. The molecule has 0 saturated heterocycles. The fourth-order valence-electron chi connectivity index (χ4n) is 1.38. The van der Waals surface area contributed by atoms with Crippen molar-refractivity contribution in [3.63, 3.8) is 0 Å². The molecule has 0 fully saturated rings. The first-order valence-corrected chi connectivity index (χ1v) is 4.74. The molecule has 0 rings (SSSR count). The molecule has 1 unspecified atom stereocenters. The van der Waals surface area contributed by atoms with Crippen LogP contribution in [0.1, 0.15) is 46.5 Å². The van der Waals surface area contributed by atoms with Gasteiger partial charge in [-0.25, -0.2) is 0 Å². The van der Waals surface area contributed by atoms with Gasteiger partial charge in [-0.3, -0.25) is 0 Å².